The third kappa shape index (κ3) is 9.41. The number of aromatic nitrogens is 3. The minimum atomic E-state index is -4.45. The van der Waals surface area contributed by atoms with Gasteiger partial charge < -0.3 is 15.0 Å². The number of benzene rings is 2. The van der Waals surface area contributed by atoms with Crippen molar-refractivity contribution in [2.24, 2.45) is 0 Å². The van der Waals surface area contributed by atoms with Gasteiger partial charge in [-0.2, -0.15) is 0 Å². The lowest BCUT2D eigenvalue weighted by atomic mass is 10.1. The Morgan fingerprint density at radius 1 is 1.00 bits per heavy atom. The van der Waals surface area contributed by atoms with Crippen LogP contribution in [-0.2, 0) is 16.6 Å². The zero-order valence-electron chi connectivity index (χ0n) is 28.2. The van der Waals surface area contributed by atoms with E-state index in [1.807, 2.05) is 54.2 Å². The van der Waals surface area contributed by atoms with Gasteiger partial charge in [0, 0.05) is 72.6 Å². The zero-order valence-corrected chi connectivity index (χ0v) is 30.6. The maximum atomic E-state index is 13.1. The molecule has 5 aromatic rings. The largest absolute Gasteiger partial charge is 0.492 e. The van der Waals surface area contributed by atoms with E-state index in [1.165, 1.54) is 23.1 Å². The summed E-state index contributed by atoms with van der Waals surface area (Å²) in [6.07, 6.45) is 3.55. The molecule has 4 heterocycles. The van der Waals surface area contributed by atoms with Gasteiger partial charge in [0.25, 0.3) is 21.6 Å². The van der Waals surface area contributed by atoms with Gasteiger partial charge in [-0.1, -0.05) is 18.2 Å². The predicted molar refractivity (Wildman–Crippen MR) is 202 cm³/mol. The second-order valence-electron chi connectivity index (χ2n) is 11.6. The SMILES string of the molecule is CCOc1cncc(-c2csc(CN3CCN(c4ccc(C(=O)NS(=O)(=O)c5ccc(NCCSc6ccccc6)c([N+](=O)[O-])c5)nn4)CC3)c2)c1. The highest BCUT2D eigenvalue weighted by Gasteiger charge is 2.25. The van der Waals surface area contributed by atoms with Crippen LogP contribution in [0, 0.1) is 10.1 Å². The van der Waals surface area contributed by atoms with Gasteiger partial charge in [-0.25, -0.2) is 13.1 Å². The van der Waals surface area contributed by atoms with Crippen LogP contribution in [-0.4, -0.2) is 84.4 Å². The lowest BCUT2D eigenvalue weighted by Crippen LogP contribution is -2.46. The summed E-state index contributed by atoms with van der Waals surface area (Å²) in [6.45, 7) is 6.74. The van der Waals surface area contributed by atoms with Crippen LogP contribution >= 0.6 is 23.1 Å². The molecule has 0 bridgehead atoms. The molecular weight excluding hydrogens is 725 g/mol. The average molecular weight is 761 g/mol. The Hall–Kier alpha value is -5.10. The first kappa shape index (κ1) is 36.7. The fourth-order valence-corrected chi connectivity index (χ4v) is 8.20. The molecule has 0 unspecified atom stereocenters. The third-order valence-corrected chi connectivity index (χ3v) is 11.4. The molecular formula is C35H36N8O6S3. The summed E-state index contributed by atoms with van der Waals surface area (Å²) < 4.78 is 33.7. The quantitative estimate of drug-likeness (QED) is 0.0589. The van der Waals surface area contributed by atoms with Crippen molar-refractivity contribution in [1.82, 2.24) is 24.8 Å². The molecule has 6 rings (SSSR count). The van der Waals surface area contributed by atoms with Crippen molar-refractivity contribution >= 4 is 56.2 Å². The molecule has 3 aromatic heterocycles. The number of hydrogen-bond acceptors (Lipinski definition) is 14. The van der Waals surface area contributed by atoms with Gasteiger partial charge in [-0.15, -0.1) is 33.3 Å². The smallest absolute Gasteiger partial charge is 0.293 e. The highest BCUT2D eigenvalue weighted by molar-refractivity contribution is 7.99. The standard InChI is InChI=1S/C35H36N8O6S3/c1-2-49-27-18-25(21-36-22-27)26-19-29(51-24-26)23-41-13-15-42(16-14-41)34-11-10-32(38-39-34)35(44)40-52(47,48)30-8-9-31(33(20-30)43(45)46)37-12-17-50-28-6-4-3-5-7-28/h3-11,18-22,24,37H,2,12-17,23H2,1H3,(H,40,44). The number of nitro benzene ring substituents is 1. The molecule has 1 fully saturated rings. The molecule has 1 amide bonds. The van der Waals surface area contributed by atoms with Crippen LogP contribution < -0.4 is 19.7 Å². The number of rotatable bonds is 15. The van der Waals surface area contributed by atoms with E-state index in [4.69, 9.17) is 4.74 Å². The van der Waals surface area contributed by atoms with Crippen molar-refractivity contribution in [2.45, 2.75) is 23.3 Å². The summed E-state index contributed by atoms with van der Waals surface area (Å²) in [6, 6.07) is 20.4. The first-order chi connectivity index (χ1) is 25.2. The number of piperazine rings is 1. The average Bonchev–Trinajstić information content (AvgIpc) is 3.63. The Kier molecular flexibility index (Phi) is 12.0. The van der Waals surface area contributed by atoms with E-state index < -0.39 is 31.4 Å². The summed E-state index contributed by atoms with van der Waals surface area (Å²) in [5.74, 6) is 0.954. The summed E-state index contributed by atoms with van der Waals surface area (Å²) in [7, 11) is -4.45. The number of nitrogens with zero attached hydrogens (tertiary/aromatic N) is 6. The number of ether oxygens (including phenoxy) is 1. The molecule has 1 aliphatic heterocycles. The molecule has 270 valence electrons. The minimum absolute atomic E-state index is 0.171. The van der Waals surface area contributed by atoms with Gasteiger partial charge in [0.1, 0.15) is 11.4 Å². The molecule has 17 heteroatoms. The number of pyridine rings is 1. The first-order valence-electron chi connectivity index (χ1n) is 16.4. The molecule has 1 aliphatic rings. The monoisotopic (exact) mass is 760 g/mol. The van der Waals surface area contributed by atoms with Crippen LogP contribution in [0.4, 0.5) is 17.2 Å². The number of sulfonamides is 1. The van der Waals surface area contributed by atoms with Crippen molar-refractivity contribution < 1.29 is 22.9 Å². The van der Waals surface area contributed by atoms with Crippen LogP contribution in [0.15, 0.2) is 100 Å². The number of carbonyl (C=O) groups excluding carboxylic acids is 1. The third-order valence-electron chi connectivity index (χ3n) is 8.10. The Morgan fingerprint density at radius 2 is 1.81 bits per heavy atom. The van der Waals surface area contributed by atoms with Gasteiger partial charge in [0.05, 0.1) is 22.6 Å². The highest BCUT2D eigenvalue weighted by atomic mass is 32.2. The number of amides is 1. The van der Waals surface area contributed by atoms with Gasteiger partial charge in [0.2, 0.25) is 0 Å². The Bertz CT molecular complexity index is 2110. The van der Waals surface area contributed by atoms with E-state index in [0.29, 0.717) is 37.8 Å². The molecule has 1 saturated heterocycles. The fraction of sp³-hybridized carbons (Fsp3) is 0.257. The van der Waals surface area contributed by atoms with Crippen molar-refractivity contribution in [3.63, 3.8) is 0 Å². The second kappa shape index (κ2) is 16.9. The van der Waals surface area contributed by atoms with E-state index in [1.54, 1.807) is 35.4 Å². The van der Waals surface area contributed by atoms with Crippen molar-refractivity contribution in [2.75, 3.05) is 55.3 Å². The van der Waals surface area contributed by atoms with Crippen molar-refractivity contribution in [3.8, 4) is 16.9 Å². The first-order valence-corrected chi connectivity index (χ1v) is 19.8. The number of carbonyl (C=O) groups is 1. The lowest BCUT2D eigenvalue weighted by molar-refractivity contribution is -0.384. The molecule has 0 radical (unpaired) electrons. The molecule has 52 heavy (non-hydrogen) atoms. The van der Waals surface area contributed by atoms with E-state index in [2.05, 4.69) is 41.7 Å². The number of nitrogens with one attached hydrogen (secondary N) is 2. The van der Waals surface area contributed by atoms with Gasteiger partial charge >= 0.3 is 0 Å². The van der Waals surface area contributed by atoms with Gasteiger partial charge in [-0.3, -0.25) is 24.8 Å². The number of hydrogen-bond donors (Lipinski definition) is 2. The van der Waals surface area contributed by atoms with Gasteiger partial charge in [0.15, 0.2) is 11.5 Å². The molecule has 2 aromatic carbocycles. The second-order valence-corrected chi connectivity index (χ2v) is 15.5. The van der Waals surface area contributed by atoms with E-state index >= 15 is 0 Å². The number of thioether (sulfide) groups is 1. The summed E-state index contributed by atoms with van der Waals surface area (Å²) >= 11 is 3.29. The highest BCUT2D eigenvalue weighted by Crippen LogP contribution is 2.30. The molecule has 0 aliphatic carbocycles. The Labute approximate surface area is 309 Å². The van der Waals surface area contributed by atoms with Crippen LogP contribution in [0.5, 0.6) is 5.75 Å². The van der Waals surface area contributed by atoms with Crippen molar-refractivity contribution in [1.29, 1.82) is 0 Å². The predicted octanol–water partition coefficient (Wildman–Crippen LogP) is 5.55. The maximum absolute atomic E-state index is 13.1. The Morgan fingerprint density at radius 3 is 2.54 bits per heavy atom. The van der Waals surface area contributed by atoms with Crippen LogP contribution in [0.2, 0.25) is 0 Å². The molecule has 0 saturated carbocycles. The fourth-order valence-electron chi connectivity index (χ4n) is 5.49. The van der Waals surface area contributed by atoms with Crippen LogP contribution in [0.25, 0.3) is 11.1 Å². The topological polar surface area (TPSA) is 173 Å². The summed E-state index contributed by atoms with van der Waals surface area (Å²) in [5.41, 5.74) is 1.67. The number of thiophene rings is 1. The zero-order chi connectivity index (χ0) is 36.5. The minimum Gasteiger partial charge on any atom is -0.492 e. The molecule has 0 atom stereocenters. The molecule has 0 spiro atoms. The summed E-state index contributed by atoms with van der Waals surface area (Å²) in [5, 5.41) is 25.1. The normalized spacial score (nSPS) is 13.4. The van der Waals surface area contributed by atoms with Crippen molar-refractivity contribution in [3.05, 3.63) is 111 Å². The van der Waals surface area contributed by atoms with E-state index in [-0.39, 0.29) is 11.4 Å². The lowest BCUT2D eigenvalue weighted by Gasteiger charge is -2.34. The maximum Gasteiger partial charge on any atom is 0.293 e. The molecule has 14 nitrogen and oxygen atoms in total. The number of anilines is 2. The Balaban J connectivity index is 0.999. The van der Waals surface area contributed by atoms with Crippen LogP contribution in [0.1, 0.15) is 22.3 Å². The van der Waals surface area contributed by atoms with Crippen LogP contribution in [0.3, 0.4) is 0 Å². The summed E-state index contributed by atoms with van der Waals surface area (Å²) in [4.78, 5) is 34.6. The van der Waals surface area contributed by atoms with E-state index in [9.17, 15) is 23.3 Å². The van der Waals surface area contributed by atoms with E-state index in [0.717, 1.165) is 47.5 Å². The van der Waals surface area contributed by atoms with Gasteiger partial charge in [-0.05, 0) is 66.4 Å². The number of nitro groups is 1. The molecule has 2 N–H and O–H groups in total.